The van der Waals surface area contributed by atoms with Gasteiger partial charge in [-0.3, -0.25) is 14.7 Å². The van der Waals surface area contributed by atoms with Crippen LogP contribution in [0, 0.1) is 6.92 Å². The number of pyridine rings is 1. The number of amides is 1. The van der Waals surface area contributed by atoms with Crippen molar-refractivity contribution in [2.75, 3.05) is 4.90 Å². The van der Waals surface area contributed by atoms with Crippen LogP contribution in [-0.2, 0) is 6.54 Å². The standard InChI is InChI=1S/C21H16ClN3OS/c1-14-5-2-9-18-19(14)24-21(27-18)25(13-15-6-4-10-23-12-15)20(26)16-7-3-8-17(22)11-16/h2-12H,13H2,1H3. The molecule has 6 heteroatoms. The number of aromatic nitrogens is 2. The first kappa shape index (κ1) is 17.6. The minimum atomic E-state index is -0.141. The fourth-order valence-electron chi connectivity index (χ4n) is 2.87. The van der Waals surface area contributed by atoms with Crippen LogP contribution in [0.5, 0.6) is 0 Å². The number of hydrogen-bond donors (Lipinski definition) is 0. The molecular formula is C21H16ClN3OS. The average molecular weight is 394 g/mol. The quantitative estimate of drug-likeness (QED) is 0.460. The number of fused-ring (bicyclic) bond motifs is 1. The van der Waals surface area contributed by atoms with Crippen LogP contribution < -0.4 is 4.90 Å². The van der Waals surface area contributed by atoms with Crippen molar-refractivity contribution in [3.8, 4) is 0 Å². The highest BCUT2D eigenvalue weighted by atomic mass is 35.5. The lowest BCUT2D eigenvalue weighted by Crippen LogP contribution is -2.30. The van der Waals surface area contributed by atoms with E-state index in [9.17, 15) is 4.79 Å². The van der Waals surface area contributed by atoms with Crippen LogP contribution in [0.15, 0.2) is 67.0 Å². The Hall–Kier alpha value is -2.76. The molecule has 1 amide bonds. The van der Waals surface area contributed by atoms with Gasteiger partial charge in [0.25, 0.3) is 5.91 Å². The van der Waals surface area contributed by atoms with Gasteiger partial charge < -0.3 is 0 Å². The maximum absolute atomic E-state index is 13.3. The highest BCUT2D eigenvalue weighted by Gasteiger charge is 2.22. The predicted molar refractivity (Wildman–Crippen MR) is 111 cm³/mol. The Kier molecular flexibility index (Phi) is 4.88. The Morgan fingerprint density at radius 2 is 2.00 bits per heavy atom. The summed E-state index contributed by atoms with van der Waals surface area (Å²) in [6.07, 6.45) is 3.48. The van der Waals surface area contributed by atoms with Crippen LogP contribution in [0.1, 0.15) is 21.5 Å². The van der Waals surface area contributed by atoms with Crippen LogP contribution in [0.3, 0.4) is 0 Å². The molecule has 2 aromatic heterocycles. The summed E-state index contributed by atoms with van der Waals surface area (Å²) in [4.78, 5) is 23.9. The third-order valence-electron chi connectivity index (χ3n) is 4.22. The number of anilines is 1. The second-order valence-corrected chi connectivity index (χ2v) is 7.63. The maximum atomic E-state index is 13.3. The van der Waals surface area contributed by atoms with Crippen LogP contribution in [0.25, 0.3) is 10.2 Å². The van der Waals surface area contributed by atoms with E-state index in [1.165, 1.54) is 11.3 Å². The number of hydrogen-bond acceptors (Lipinski definition) is 4. The number of carbonyl (C=O) groups excluding carboxylic acids is 1. The van der Waals surface area contributed by atoms with E-state index in [-0.39, 0.29) is 5.91 Å². The second-order valence-electron chi connectivity index (χ2n) is 6.18. The number of aryl methyl sites for hydroxylation is 1. The summed E-state index contributed by atoms with van der Waals surface area (Å²) in [5.41, 5.74) is 3.48. The largest absolute Gasteiger partial charge is 0.279 e. The van der Waals surface area contributed by atoms with E-state index in [1.807, 2.05) is 37.3 Å². The average Bonchev–Trinajstić information content (AvgIpc) is 3.12. The van der Waals surface area contributed by atoms with Gasteiger partial charge in [-0.2, -0.15) is 0 Å². The van der Waals surface area contributed by atoms with Crippen LogP contribution in [-0.4, -0.2) is 15.9 Å². The van der Waals surface area contributed by atoms with Crippen molar-refractivity contribution in [1.82, 2.24) is 9.97 Å². The van der Waals surface area contributed by atoms with Crippen molar-refractivity contribution >= 4 is 44.2 Å². The Labute approximate surface area is 166 Å². The number of halogens is 1. The number of nitrogens with zero attached hydrogens (tertiary/aromatic N) is 3. The first-order chi connectivity index (χ1) is 13.1. The zero-order chi connectivity index (χ0) is 18.8. The molecule has 0 saturated heterocycles. The van der Waals surface area contributed by atoms with E-state index in [4.69, 9.17) is 16.6 Å². The normalized spacial score (nSPS) is 10.9. The van der Waals surface area contributed by atoms with E-state index in [1.54, 1.807) is 41.6 Å². The molecule has 0 unspecified atom stereocenters. The highest BCUT2D eigenvalue weighted by molar-refractivity contribution is 7.22. The fraction of sp³-hybridized carbons (Fsp3) is 0.0952. The summed E-state index contributed by atoms with van der Waals surface area (Å²) in [6, 6.07) is 16.8. The zero-order valence-corrected chi connectivity index (χ0v) is 16.2. The number of carbonyl (C=O) groups is 1. The van der Waals surface area contributed by atoms with Crippen molar-refractivity contribution in [1.29, 1.82) is 0 Å². The Balaban J connectivity index is 1.79. The Morgan fingerprint density at radius 1 is 1.15 bits per heavy atom. The topological polar surface area (TPSA) is 46.1 Å². The molecule has 2 aromatic carbocycles. The molecule has 2 heterocycles. The van der Waals surface area contributed by atoms with Gasteiger partial charge in [-0.25, -0.2) is 4.98 Å². The maximum Gasteiger partial charge on any atom is 0.260 e. The van der Waals surface area contributed by atoms with Crippen LogP contribution in [0.2, 0.25) is 5.02 Å². The monoisotopic (exact) mass is 393 g/mol. The van der Waals surface area contributed by atoms with Gasteiger partial charge >= 0.3 is 0 Å². The molecular weight excluding hydrogens is 378 g/mol. The molecule has 27 heavy (non-hydrogen) atoms. The molecule has 0 aliphatic carbocycles. The third-order valence-corrected chi connectivity index (χ3v) is 5.50. The molecule has 134 valence electrons. The van der Waals surface area contributed by atoms with Crippen LogP contribution >= 0.6 is 22.9 Å². The molecule has 0 N–H and O–H groups in total. The molecule has 0 aliphatic heterocycles. The fourth-order valence-corrected chi connectivity index (χ4v) is 4.10. The summed E-state index contributed by atoms with van der Waals surface area (Å²) in [5.74, 6) is -0.141. The van der Waals surface area contributed by atoms with Crippen molar-refractivity contribution < 1.29 is 4.79 Å². The molecule has 0 bridgehead atoms. The lowest BCUT2D eigenvalue weighted by Gasteiger charge is -2.20. The smallest absolute Gasteiger partial charge is 0.260 e. The number of para-hydroxylation sites is 1. The summed E-state index contributed by atoms with van der Waals surface area (Å²) in [7, 11) is 0. The summed E-state index contributed by atoms with van der Waals surface area (Å²) < 4.78 is 1.06. The van der Waals surface area contributed by atoms with Gasteiger partial charge in [-0.15, -0.1) is 0 Å². The summed E-state index contributed by atoms with van der Waals surface area (Å²) in [6.45, 7) is 2.41. The van der Waals surface area contributed by atoms with Crippen molar-refractivity contribution in [2.24, 2.45) is 0 Å². The lowest BCUT2D eigenvalue weighted by molar-refractivity contribution is 0.0985. The van der Waals surface area contributed by atoms with E-state index < -0.39 is 0 Å². The first-order valence-electron chi connectivity index (χ1n) is 8.44. The molecule has 4 aromatic rings. The van der Waals surface area contributed by atoms with Gasteiger partial charge in [0.2, 0.25) is 0 Å². The number of benzene rings is 2. The molecule has 0 saturated carbocycles. The van der Waals surface area contributed by atoms with Gasteiger partial charge in [0.05, 0.1) is 16.8 Å². The van der Waals surface area contributed by atoms with Gasteiger partial charge in [0, 0.05) is 23.0 Å². The van der Waals surface area contributed by atoms with Crippen molar-refractivity contribution in [2.45, 2.75) is 13.5 Å². The number of rotatable bonds is 4. The van der Waals surface area contributed by atoms with E-state index in [2.05, 4.69) is 4.98 Å². The summed E-state index contributed by atoms with van der Waals surface area (Å²) >= 11 is 7.60. The van der Waals surface area contributed by atoms with Gasteiger partial charge in [-0.1, -0.05) is 47.2 Å². The van der Waals surface area contributed by atoms with E-state index in [0.717, 1.165) is 21.3 Å². The Morgan fingerprint density at radius 3 is 2.74 bits per heavy atom. The number of thiazole rings is 1. The second kappa shape index (κ2) is 7.47. The lowest BCUT2D eigenvalue weighted by atomic mass is 10.2. The Bertz CT molecular complexity index is 1110. The SMILES string of the molecule is Cc1cccc2sc(N(Cc3cccnc3)C(=O)c3cccc(Cl)c3)nc12. The molecule has 0 aliphatic rings. The summed E-state index contributed by atoms with van der Waals surface area (Å²) in [5, 5.41) is 1.19. The van der Waals surface area contributed by atoms with Crippen molar-refractivity contribution in [3.05, 3.63) is 88.7 Å². The molecule has 4 nitrogen and oxygen atoms in total. The first-order valence-corrected chi connectivity index (χ1v) is 9.64. The van der Waals surface area contributed by atoms with Gasteiger partial charge in [-0.05, 0) is 48.4 Å². The molecule has 4 rings (SSSR count). The van der Waals surface area contributed by atoms with Gasteiger partial charge in [0.15, 0.2) is 5.13 Å². The van der Waals surface area contributed by atoms with Crippen molar-refractivity contribution in [3.63, 3.8) is 0 Å². The highest BCUT2D eigenvalue weighted by Crippen LogP contribution is 2.32. The molecule has 0 radical (unpaired) electrons. The van der Waals surface area contributed by atoms with Gasteiger partial charge in [0.1, 0.15) is 0 Å². The molecule has 0 spiro atoms. The predicted octanol–water partition coefficient (Wildman–Crippen LogP) is 5.50. The third kappa shape index (κ3) is 3.70. The van der Waals surface area contributed by atoms with Crippen LogP contribution in [0.4, 0.5) is 5.13 Å². The molecule has 0 atom stereocenters. The zero-order valence-electron chi connectivity index (χ0n) is 14.6. The molecule has 0 fully saturated rings. The van der Waals surface area contributed by atoms with E-state index >= 15 is 0 Å². The minimum Gasteiger partial charge on any atom is -0.279 e. The van der Waals surface area contributed by atoms with E-state index in [0.29, 0.717) is 22.3 Å². The minimum absolute atomic E-state index is 0.141.